The van der Waals surface area contributed by atoms with E-state index >= 15 is 0 Å². The molecule has 0 unspecified atom stereocenters. The summed E-state index contributed by atoms with van der Waals surface area (Å²) >= 11 is 0. The zero-order valence-corrected chi connectivity index (χ0v) is 22.0. The largest absolute Gasteiger partial charge is 0.303 e. The number of hydrogen-bond donors (Lipinski definition) is 0. The van der Waals surface area contributed by atoms with Gasteiger partial charge in [-0.25, -0.2) is 0 Å². The predicted molar refractivity (Wildman–Crippen MR) is 142 cm³/mol. The summed E-state index contributed by atoms with van der Waals surface area (Å²) in [6, 6.07) is 0. The normalized spacial score (nSPS) is 17.7. The maximum absolute atomic E-state index is 2.81. The van der Waals surface area contributed by atoms with Gasteiger partial charge in [0.15, 0.2) is 0 Å². The fourth-order valence-electron chi connectivity index (χ4n) is 5.30. The van der Waals surface area contributed by atoms with Gasteiger partial charge in [0, 0.05) is 0 Å². The molecule has 1 heterocycles. The van der Waals surface area contributed by atoms with Crippen LogP contribution in [0.25, 0.3) is 0 Å². The molecule has 0 saturated carbocycles. The van der Waals surface area contributed by atoms with Crippen molar-refractivity contribution in [3.8, 4) is 0 Å². The van der Waals surface area contributed by atoms with Gasteiger partial charge in [0.1, 0.15) is 0 Å². The Hall–Kier alpha value is -0.0400. The average Bonchev–Trinajstić information content (AvgIpc) is 2.81. The lowest BCUT2D eigenvalue weighted by Gasteiger charge is -2.22. The van der Waals surface area contributed by atoms with Crippen LogP contribution in [0.15, 0.2) is 0 Å². The van der Waals surface area contributed by atoms with Gasteiger partial charge in [0.25, 0.3) is 0 Å². The van der Waals surface area contributed by atoms with E-state index in [1.165, 1.54) is 187 Å². The van der Waals surface area contributed by atoms with Crippen LogP contribution in [0.5, 0.6) is 0 Å². The number of unbranched alkanes of at least 4 members (excludes halogenated alkanes) is 15. The minimum atomic E-state index is 1.37. The van der Waals surface area contributed by atoms with Crippen LogP contribution in [0.1, 0.15) is 174 Å². The summed E-state index contributed by atoms with van der Waals surface area (Å²) in [7, 11) is 0. The van der Waals surface area contributed by atoms with Gasteiger partial charge in [-0.1, -0.05) is 155 Å². The molecule has 0 N–H and O–H groups in total. The fourth-order valence-corrected chi connectivity index (χ4v) is 5.30. The van der Waals surface area contributed by atoms with Gasteiger partial charge < -0.3 is 4.90 Å². The standard InChI is InChI=1S/C30H61N/c1-2-3-4-5-6-7-8-9-10-11-12-13-16-19-22-25-28-31-29-26-23-20-17-14-15-18-21-24-27-30-31/h2-30H2,1H3. The van der Waals surface area contributed by atoms with Crippen molar-refractivity contribution in [3.63, 3.8) is 0 Å². The van der Waals surface area contributed by atoms with Crippen LogP contribution in [0.4, 0.5) is 0 Å². The molecule has 1 aliphatic heterocycles. The van der Waals surface area contributed by atoms with Crippen LogP contribution in [0.2, 0.25) is 0 Å². The second-order valence-corrected chi connectivity index (χ2v) is 10.7. The molecular weight excluding hydrogens is 374 g/mol. The van der Waals surface area contributed by atoms with E-state index in [1.807, 2.05) is 0 Å². The van der Waals surface area contributed by atoms with Gasteiger partial charge >= 0.3 is 0 Å². The third kappa shape index (κ3) is 21.6. The third-order valence-corrected chi connectivity index (χ3v) is 7.53. The SMILES string of the molecule is CCCCCCCCCCCCCCCCCCN1CCCCCCCCCCCC1. The smallest absolute Gasteiger partial charge is 0.00187 e. The molecule has 1 nitrogen and oxygen atoms in total. The quantitative estimate of drug-likeness (QED) is 0.205. The highest BCUT2D eigenvalue weighted by atomic mass is 15.1. The Morgan fingerprint density at radius 2 is 0.645 bits per heavy atom. The Balaban J connectivity index is 1.86. The predicted octanol–water partition coefficient (Wildman–Crippen LogP) is 10.5. The van der Waals surface area contributed by atoms with E-state index in [0.717, 1.165) is 0 Å². The second kappa shape index (κ2) is 24.6. The van der Waals surface area contributed by atoms with Crippen molar-refractivity contribution in [1.29, 1.82) is 0 Å². The van der Waals surface area contributed by atoms with Gasteiger partial charge in [0.05, 0.1) is 0 Å². The van der Waals surface area contributed by atoms with Crippen LogP contribution in [-0.2, 0) is 0 Å². The fraction of sp³-hybridized carbons (Fsp3) is 1.00. The lowest BCUT2D eigenvalue weighted by atomic mass is 10.0. The number of hydrogen-bond acceptors (Lipinski definition) is 1. The summed E-state index contributed by atoms with van der Waals surface area (Å²) in [5.74, 6) is 0. The lowest BCUT2D eigenvalue weighted by Crippen LogP contribution is -2.27. The minimum absolute atomic E-state index is 1.37. The molecule has 1 fully saturated rings. The van der Waals surface area contributed by atoms with Gasteiger partial charge in [-0.05, 0) is 38.9 Å². The first-order chi connectivity index (χ1) is 15.4. The Morgan fingerprint density at radius 3 is 1.00 bits per heavy atom. The molecule has 1 saturated heterocycles. The Morgan fingerprint density at radius 1 is 0.355 bits per heavy atom. The van der Waals surface area contributed by atoms with Crippen LogP contribution in [-0.4, -0.2) is 24.5 Å². The molecule has 31 heavy (non-hydrogen) atoms. The van der Waals surface area contributed by atoms with Crippen molar-refractivity contribution in [2.75, 3.05) is 19.6 Å². The summed E-state index contributed by atoms with van der Waals surface area (Å²) in [4.78, 5) is 2.81. The van der Waals surface area contributed by atoms with Gasteiger partial charge in [-0.2, -0.15) is 0 Å². The van der Waals surface area contributed by atoms with Crippen LogP contribution < -0.4 is 0 Å². The van der Waals surface area contributed by atoms with Crippen LogP contribution >= 0.6 is 0 Å². The summed E-state index contributed by atoms with van der Waals surface area (Å²) in [6.45, 7) is 6.43. The van der Waals surface area contributed by atoms with Crippen molar-refractivity contribution >= 4 is 0 Å². The second-order valence-electron chi connectivity index (χ2n) is 10.7. The summed E-state index contributed by atoms with van der Waals surface area (Å²) in [5, 5.41) is 0. The first-order valence-electron chi connectivity index (χ1n) is 15.2. The minimum Gasteiger partial charge on any atom is -0.303 e. The maximum Gasteiger partial charge on any atom is -0.00187 e. The third-order valence-electron chi connectivity index (χ3n) is 7.53. The number of nitrogens with zero attached hydrogens (tertiary/aromatic N) is 1. The molecule has 1 heteroatoms. The molecule has 0 spiro atoms. The molecular formula is C30H61N. The van der Waals surface area contributed by atoms with Crippen molar-refractivity contribution in [2.45, 2.75) is 174 Å². The molecule has 1 aliphatic rings. The molecule has 0 amide bonds. The topological polar surface area (TPSA) is 3.24 Å². The maximum atomic E-state index is 2.81. The molecule has 0 bridgehead atoms. The van der Waals surface area contributed by atoms with Crippen molar-refractivity contribution in [2.24, 2.45) is 0 Å². The molecule has 0 aromatic carbocycles. The van der Waals surface area contributed by atoms with E-state index in [9.17, 15) is 0 Å². The van der Waals surface area contributed by atoms with E-state index in [2.05, 4.69) is 11.8 Å². The molecule has 0 atom stereocenters. The van der Waals surface area contributed by atoms with Gasteiger partial charge in [0.2, 0.25) is 0 Å². The van der Waals surface area contributed by atoms with Crippen molar-refractivity contribution in [3.05, 3.63) is 0 Å². The van der Waals surface area contributed by atoms with Gasteiger partial charge in [-0.15, -0.1) is 0 Å². The first-order valence-corrected chi connectivity index (χ1v) is 15.2. The highest BCUT2D eigenvalue weighted by Gasteiger charge is 2.05. The summed E-state index contributed by atoms with van der Waals surface area (Å²) < 4.78 is 0. The van der Waals surface area contributed by atoms with Crippen molar-refractivity contribution in [1.82, 2.24) is 4.90 Å². The Labute approximate surface area is 198 Å². The van der Waals surface area contributed by atoms with E-state index in [0.29, 0.717) is 0 Å². The molecule has 1 rings (SSSR count). The molecule has 0 aromatic rings. The monoisotopic (exact) mass is 435 g/mol. The summed E-state index contributed by atoms with van der Waals surface area (Å²) in [5.41, 5.74) is 0. The molecule has 0 aliphatic carbocycles. The lowest BCUT2D eigenvalue weighted by molar-refractivity contribution is 0.255. The van der Waals surface area contributed by atoms with E-state index in [4.69, 9.17) is 0 Å². The molecule has 0 aromatic heterocycles. The van der Waals surface area contributed by atoms with Gasteiger partial charge in [-0.3, -0.25) is 0 Å². The van der Waals surface area contributed by atoms with Crippen LogP contribution in [0, 0.1) is 0 Å². The summed E-state index contributed by atoms with van der Waals surface area (Å²) in [6.07, 6.45) is 38.3. The van der Waals surface area contributed by atoms with Crippen LogP contribution in [0.3, 0.4) is 0 Å². The number of rotatable bonds is 17. The highest BCUT2D eigenvalue weighted by Crippen LogP contribution is 2.15. The van der Waals surface area contributed by atoms with E-state index < -0.39 is 0 Å². The molecule has 186 valence electrons. The highest BCUT2D eigenvalue weighted by molar-refractivity contribution is 4.61. The van der Waals surface area contributed by atoms with Crippen molar-refractivity contribution < 1.29 is 0 Å². The first kappa shape index (κ1) is 29.0. The van der Waals surface area contributed by atoms with E-state index in [1.54, 1.807) is 0 Å². The Kier molecular flexibility index (Phi) is 23.0. The zero-order chi connectivity index (χ0) is 22.1. The van der Waals surface area contributed by atoms with E-state index in [-0.39, 0.29) is 0 Å². The average molecular weight is 436 g/mol. The Bertz CT molecular complexity index is 312. The zero-order valence-electron chi connectivity index (χ0n) is 22.0. The molecule has 0 radical (unpaired) electrons.